The Morgan fingerprint density at radius 2 is 1.96 bits per heavy atom. The quantitative estimate of drug-likeness (QED) is 0.530. The van der Waals surface area contributed by atoms with E-state index in [-0.39, 0.29) is 10.9 Å². The van der Waals surface area contributed by atoms with Crippen LogP contribution in [-0.4, -0.2) is 24.4 Å². The fourth-order valence-electron chi connectivity index (χ4n) is 2.41. The summed E-state index contributed by atoms with van der Waals surface area (Å²) in [6, 6.07) is 9.32. The minimum absolute atomic E-state index is 0.0741. The molecule has 1 aliphatic rings. The molecule has 134 valence electrons. The molecular weight excluding hydrogens is 397 g/mol. The molecule has 0 spiro atoms. The molecule has 4 nitrogen and oxygen atoms in total. The van der Waals surface area contributed by atoms with Crippen molar-refractivity contribution in [3.63, 3.8) is 0 Å². The van der Waals surface area contributed by atoms with Gasteiger partial charge in [-0.05, 0) is 42.5 Å². The number of benzene rings is 2. The Hall–Kier alpha value is -2.09. The molecule has 1 aliphatic heterocycles. The number of hydrogen-bond donors (Lipinski definition) is 0. The molecule has 0 saturated carbocycles. The summed E-state index contributed by atoms with van der Waals surface area (Å²) in [5.74, 6) is 0.365. The third kappa shape index (κ3) is 3.56. The van der Waals surface area contributed by atoms with Crippen molar-refractivity contribution < 1.29 is 18.7 Å². The van der Waals surface area contributed by atoms with Crippen LogP contribution in [0.2, 0.25) is 5.02 Å². The van der Waals surface area contributed by atoms with Crippen molar-refractivity contribution >= 4 is 57.6 Å². The molecular formula is C18H13ClFNO3S2. The lowest BCUT2D eigenvalue weighted by atomic mass is 10.1. The number of carbonyl (C=O) groups is 1. The maximum Gasteiger partial charge on any atom is 0.270 e. The number of anilines is 1. The van der Waals surface area contributed by atoms with Crippen LogP contribution >= 0.6 is 35.6 Å². The Morgan fingerprint density at radius 3 is 2.62 bits per heavy atom. The van der Waals surface area contributed by atoms with Crippen LogP contribution in [-0.2, 0) is 4.79 Å². The molecule has 0 radical (unpaired) electrons. The molecule has 2 aromatic rings. The third-order valence-electron chi connectivity index (χ3n) is 3.68. The Balaban J connectivity index is 1.98. The third-order valence-corrected chi connectivity index (χ3v) is 5.27. The van der Waals surface area contributed by atoms with Crippen molar-refractivity contribution in [2.45, 2.75) is 0 Å². The summed E-state index contributed by atoms with van der Waals surface area (Å²) in [7, 11) is 3.11. The van der Waals surface area contributed by atoms with E-state index < -0.39 is 5.82 Å². The summed E-state index contributed by atoms with van der Waals surface area (Å²) in [6.07, 6.45) is 1.69. The van der Waals surface area contributed by atoms with Gasteiger partial charge in [0.1, 0.15) is 17.3 Å². The number of thioether (sulfide) groups is 1. The molecule has 1 saturated heterocycles. The number of hydrogen-bond acceptors (Lipinski definition) is 5. The summed E-state index contributed by atoms with van der Waals surface area (Å²) in [6.45, 7) is 0. The predicted molar refractivity (Wildman–Crippen MR) is 107 cm³/mol. The summed E-state index contributed by atoms with van der Waals surface area (Å²) in [5.41, 5.74) is 1.10. The lowest BCUT2D eigenvalue weighted by Gasteiger charge is -2.14. The number of halogens is 2. The highest BCUT2D eigenvalue weighted by molar-refractivity contribution is 8.27. The van der Waals surface area contributed by atoms with Gasteiger partial charge in [-0.1, -0.05) is 35.6 Å². The maximum absolute atomic E-state index is 13.4. The molecule has 26 heavy (non-hydrogen) atoms. The van der Waals surface area contributed by atoms with Crippen LogP contribution in [0.4, 0.5) is 10.1 Å². The average molecular weight is 410 g/mol. The lowest BCUT2D eigenvalue weighted by Crippen LogP contribution is -2.27. The number of rotatable bonds is 4. The highest BCUT2D eigenvalue weighted by atomic mass is 35.5. The van der Waals surface area contributed by atoms with Crippen molar-refractivity contribution in [1.82, 2.24) is 0 Å². The standard InChI is InChI=1S/C18H13ClFNO3S2/c1-23-12-4-6-15(24-2)10(7-12)8-16-17(22)21(18(25)26-16)11-3-5-14(20)13(19)9-11/h3-9H,1-2H3/b16-8-. The van der Waals surface area contributed by atoms with Crippen molar-refractivity contribution in [2.75, 3.05) is 19.1 Å². The van der Waals surface area contributed by atoms with Gasteiger partial charge in [0.05, 0.1) is 29.8 Å². The highest BCUT2D eigenvalue weighted by Crippen LogP contribution is 2.38. The van der Waals surface area contributed by atoms with Gasteiger partial charge in [0, 0.05) is 5.56 Å². The zero-order valence-electron chi connectivity index (χ0n) is 13.8. The second-order valence-electron chi connectivity index (χ2n) is 5.22. The monoisotopic (exact) mass is 409 g/mol. The topological polar surface area (TPSA) is 38.8 Å². The SMILES string of the molecule is COc1ccc(OC)c(/C=C2\SC(=S)N(c3ccc(F)c(Cl)c3)C2=O)c1. The normalized spacial score (nSPS) is 15.7. The van der Waals surface area contributed by atoms with E-state index in [1.165, 1.54) is 23.1 Å². The van der Waals surface area contributed by atoms with Gasteiger partial charge in [0.15, 0.2) is 4.32 Å². The Morgan fingerprint density at radius 1 is 1.19 bits per heavy atom. The summed E-state index contributed by atoms with van der Waals surface area (Å²) in [4.78, 5) is 14.6. The Bertz CT molecular complexity index is 933. The maximum atomic E-state index is 13.4. The van der Waals surface area contributed by atoms with Crippen molar-refractivity contribution in [2.24, 2.45) is 0 Å². The zero-order chi connectivity index (χ0) is 18.8. The minimum Gasteiger partial charge on any atom is -0.497 e. The van der Waals surface area contributed by atoms with Gasteiger partial charge < -0.3 is 9.47 Å². The molecule has 0 aromatic heterocycles. The smallest absolute Gasteiger partial charge is 0.270 e. The zero-order valence-corrected chi connectivity index (χ0v) is 16.2. The van der Waals surface area contributed by atoms with E-state index in [9.17, 15) is 9.18 Å². The van der Waals surface area contributed by atoms with Gasteiger partial charge in [0.2, 0.25) is 0 Å². The molecule has 2 aromatic carbocycles. The summed E-state index contributed by atoms with van der Waals surface area (Å²) >= 11 is 12.3. The van der Waals surface area contributed by atoms with Gasteiger partial charge in [-0.25, -0.2) is 4.39 Å². The van der Waals surface area contributed by atoms with E-state index in [0.717, 1.165) is 11.8 Å². The molecule has 8 heteroatoms. The molecule has 3 rings (SSSR count). The van der Waals surface area contributed by atoms with Crippen LogP contribution in [0.3, 0.4) is 0 Å². The fraction of sp³-hybridized carbons (Fsp3) is 0.111. The summed E-state index contributed by atoms with van der Waals surface area (Å²) < 4.78 is 24.3. The lowest BCUT2D eigenvalue weighted by molar-refractivity contribution is -0.113. The first-order valence-corrected chi connectivity index (χ1v) is 9.00. The second kappa shape index (κ2) is 7.65. The Labute approximate surface area is 164 Å². The number of thiocarbonyl (C=S) groups is 1. The first-order chi connectivity index (χ1) is 12.4. The van der Waals surface area contributed by atoms with Crippen LogP contribution in [0.15, 0.2) is 41.3 Å². The Kier molecular flexibility index (Phi) is 5.50. The molecule has 0 aliphatic carbocycles. The van der Waals surface area contributed by atoms with Crippen LogP contribution in [0, 0.1) is 5.82 Å². The van der Waals surface area contributed by atoms with E-state index in [4.69, 9.17) is 33.3 Å². The van der Waals surface area contributed by atoms with Crippen LogP contribution in [0.1, 0.15) is 5.56 Å². The van der Waals surface area contributed by atoms with Crippen LogP contribution in [0.5, 0.6) is 11.5 Å². The minimum atomic E-state index is -0.558. The van der Waals surface area contributed by atoms with Gasteiger partial charge in [0.25, 0.3) is 5.91 Å². The van der Waals surface area contributed by atoms with Gasteiger partial charge in [-0.2, -0.15) is 0 Å². The number of ether oxygens (including phenoxy) is 2. The van der Waals surface area contributed by atoms with Gasteiger partial charge in [-0.3, -0.25) is 9.69 Å². The number of carbonyl (C=O) groups excluding carboxylic acids is 1. The van der Waals surface area contributed by atoms with E-state index >= 15 is 0 Å². The van der Waals surface area contributed by atoms with E-state index in [1.54, 1.807) is 38.5 Å². The first kappa shape index (κ1) is 18.7. The van der Waals surface area contributed by atoms with Crippen LogP contribution in [0.25, 0.3) is 6.08 Å². The molecule has 0 N–H and O–H groups in total. The highest BCUT2D eigenvalue weighted by Gasteiger charge is 2.33. The molecule has 1 heterocycles. The molecule has 0 atom stereocenters. The van der Waals surface area contributed by atoms with Gasteiger partial charge in [-0.15, -0.1) is 0 Å². The number of methoxy groups -OCH3 is 2. The number of nitrogens with zero attached hydrogens (tertiary/aromatic N) is 1. The molecule has 0 unspecified atom stereocenters. The molecule has 1 fully saturated rings. The van der Waals surface area contributed by atoms with E-state index in [2.05, 4.69) is 0 Å². The largest absolute Gasteiger partial charge is 0.497 e. The van der Waals surface area contributed by atoms with Crippen LogP contribution < -0.4 is 14.4 Å². The molecule has 0 bridgehead atoms. The predicted octanol–water partition coefficient (Wildman–Crippen LogP) is 4.90. The number of amides is 1. The van der Waals surface area contributed by atoms with Crippen molar-refractivity contribution in [1.29, 1.82) is 0 Å². The average Bonchev–Trinajstić information content (AvgIpc) is 2.91. The molecule has 1 amide bonds. The van der Waals surface area contributed by atoms with Crippen molar-refractivity contribution in [3.05, 3.63) is 57.7 Å². The summed E-state index contributed by atoms with van der Waals surface area (Å²) in [5, 5.41) is -0.0741. The van der Waals surface area contributed by atoms with E-state index in [1.807, 2.05) is 0 Å². The first-order valence-electron chi connectivity index (χ1n) is 7.39. The van der Waals surface area contributed by atoms with Crippen molar-refractivity contribution in [3.8, 4) is 11.5 Å². The van der Waals surface area contributed by atoms with E-state index in [0.29, 0.717) is 32.0 Å². The van der Waals surface area contributed by atoms with Gasteiger partial charge >= 0.3 is 0 Å². The fourth-order valence-corrected chi connectivity index (χ4v) is 3.87. The second-order valence-corrected chi connectivity index (χ2v) is 7.31.